The van der Waals surface area contributed by atoms with Gasteiger partial charge in [-0.3, -0.25) is 0 Å². The van der Waals surface area contributed by atoms with Gasteiger partial charge >= 0.3 is 0 Å². The van der Waals surface area contributed by atoms with Gasteiger partial charge in [0, 0.05) is 0 Å². The predicted octanol–water partition coefficient (Wildman–Crippen LogP) is 1.91. The molecule has 0 aliphatic heterocycles. The van der Waals surface area contributed by atoms with Crippen molar-refractivity contribution in [2.45, 2.75) is 19.8 Å². The van der Waals surface area contributed by atoms with E-state index in [1.165, 1.54) is 5.69 Å². The van der Waals surface area contributed by atoms with Crippen LogP contribution in [0.3, 0.4) is 0 Å². The van der Waals surface area contributed by atoms with Crippen LogP contribution in [0.4, 0.5) is 0 Å². The van der Waals surface area contributed by atoms with Crippen LogP contribution in [0.5, 0.6) is 0 Å². The smallest absolute Gasteiger partial charge is 0.212 e. The van der Waals surface area contributed by atoms with E-state index in [1.807, 2.05) is 16.2 Å². The summed E-state index contributed by atoms with van der Waals surface area (Å²) in [5.74, 6) is 0.493. The van der Waals surface area contributed by atoms with Crippen molar-refractivity contribution < 1.29 is 0 Å². The minimum Gasteiger partial charge on any atom is -0.226 e. The van der Waals surface area contributed by atoms with Gasteiger partial charge in [-0.1, -0.05) is 25.2 Å². The van der Waals surface area contributed by atoms with E-state index < -0.39 is 0 Å². The molecule has 58 valence electrons. The van der Waals surface area contributed by atoms with Gasteiger partial charge < -0.3 is 0 Å². The summed E-state index contributed by atoms with van der Waals surface area (Å²) >= 11 is 1.57. The molecule has 2 heterocycles. The summed E-state index contributed by atoms with van der Waals surface area (Å²) in [7, 11) is 0. The Kier molecular flexibility index (Phi) is 1.42. The van der Waals surface area contributed by atoms with Crippen molar-refractivity contribution >= 4 is 16.3 Å². The van der Waals surface area contributed by atoms with Gasteiger partial charge in [-0.2, -0.15) is 5.10 Å². The molecular formula is C7H9N3S. The molecule has 2 aromatic heterocycles. The molecule has 0 amide bonds. The zero-order chi connectivity index (χ0) is 7.84. The average molecular weight is 167 g/mol. The van der Waals surface area contributed by atoms with Crippen LogP contribution in [-0.4, -0.2) is 14.6 Å². The van der Waals surface area contributed by atoms with Crippen molar-refractivity contribution in [3.8, 4) is 0 Å². The summed E-state index contributed by atoms with van der Waals surface area (Å²) in [4.78, 5) is 5.20. The molecule has 0 aliphatic carbocycles. The summed E-state index contributed by atoms with van der Waals surface area (Å²) in [6.07, 6.45) is 1.89. The Labute approximate surface area is 68.7 Å². The molecule has 2 aromatic rings. The number of hydrogen-bond acceptors (Lipinski definition) is 3. The Balaban J connectivity index is 2.68. The van der Waals surface area contributed by atoms with Crippen LogP contribution in [0, 0.1) is 0 Å². The molecule has 0 radical (unpaired) electrons. The summed E-state index contributed by atoms with van der Waals surface area (Å²) in [6, 6.07) is 0. The first-order chi connectivity index (χ1) is 5.29. The predicted molar refractivity (Wildman–Crippen MR) is 45.0 cm³/mol. The van der Waals surface area contributed by atoms with Crippen molar-refractivity contribution in [3.05, 3.63) is 17.4 Å². The second kappa shape index (κ2) is 2.30. The van der Waals surface area contributed by atoms with Gasteiger partial charge in [-0.05, 0) is 5.92 Å². The number of aromatic nitrogens is 3. The average Bonchev–Trinajstić information content (AvgIpc) is 2.41. The minimum atomic E-state index is 0.493. The third-order valence-electron chi connectivity index (χ3n) is 1.65. The van der Waals surface area contributed by atoms with Crippen molar-refractivity contribution in [1.29, 1.82) is 0 Å². The molecule has 0 N–H and O–H groups in total. The Morgan fingerprint density at radius 1 is 1.55 bits per heavy atom. The lowest BCUT2D eigenvalue weighted by Crippen LogP contribution is -1.94. The highest BCUT2D eigenvalue weighted by molar-refractivity contribution is 7.14. The minimum absolute atomic E-state index is 0.493. The van der Waals surface area contributed by atoms with E-state index in [1.54, 1.807) is 11.3 Å². The summed E-state index contributed by atoms with van der Waals surface area (Å²) < 4.78 is 1.90. The highest BCUT2D eigenvalue weighted by Gasteiger charge is 2.07. The highest BCUT2D eigenvalue weighted by atomic mass is 32.1. The largest absolute Gasteiger partial charge is 0.226 e. The van der Waals surface area contributed by atoms with E-state index in [9.17, 15) is 0 Å². The lowest BCUT2D eigenvalue weighted by atomic mass is 10.2. The molecule has 0 spiro atoms. The van der Waals surface area contributed by atoms with Crippen LogP contribution >= 0.6 is 11.3 Å². The van der Waals surface area contributed by atoms with E-state index in [0.717, 1.165) is 4.96 Å². The molecule has 11 heavy (non-hydrogen) atoms. The highest BCUT2D eigenvalue weighted by Crippen LogP contribution is 2.16. The standard InChI is InChI=1S/C7H9N3S/c1-5(2)6-3-8-7-10(6)9-4-11-7/h3-5H,1-2H3. The quantitative estimate of drug-likeness (QED) is 0.649. The number of nitrogens with zero attached hydrogens (tertiary/aromatic N) is 3. The number of fused-ring (bicyclic) bond motifs is 1. The van der Waals surface area contributed by atoms with Crippen LogP contribution in [0.2, 0.25) is 0 Å². The maximum Gasteiger partial charge on any atom is 0.212 e. The van der Waals surface area contributed by atoms with E-state index in [-0.39, 0.29) is 0 Å². The van der Waals surface area contributed by atoms with Crippen LogP contribution < -0.4 is 0 Å². The zero-order valence-corrected chi connectivity index (χ0v) is 7.30. The molecular weight excluding hydrogens is 158 g/mol. The monoisotopic (exact) mass is 167 g/mol. The molecule has 3 nitrogen and oxygen atoms in total. The van der Waals surface area contributed by atoms with Crippen molar-refractivity contribution in [3.63, 3.8) is 0 Å². The number of hydrogen-bond donors (Lipinski definition) is 0. The molecule has 0 atom stereocenters. The van der Waals surface area contributed by atoms with Crippen molar-refractivity contribution in [2.75, 3.05) is 0 Å². The fourth-order valence-corrected chi connectivity index (χ4v) is 1.65. The Morgan fingerprint density at radius 2 is 2.36 bits per heavy atom. The summed E-state index contributed by atoms with van der Waals surface area (Å²) in [5, 5.41) is 4.17. The molecule has 0 saturated carbocycles. The topological polar surface area (TPSA) is 30.2 Å². The maximum absolute atomic E-state index is 4.22. The van der Waals surface area contributed by atoms with Crippen LogP contribution in [0.25, 0.3) is 4.96 Å². The Morgan fingerprint density at radius 3 is 3.09 bits per heavy atom. The molecule has 0 bridgehead atoms. The molecule has 2 rings (SSSR count). The normalized spacial score (nSPS) is 11.5. The van der Waals surface area contributed by atoms with Crippen LogP contribution in [0.1, 0.15) is 25.5 Å². The molecule has 0 unspecified atom stereocenters. The molecule has 0 aromatic carbocycles. The van der Waals surface area contributed by atoms with E-state index in [2.05, 4.69) is 23.9 Å². The lowest BCUT2D eigenvalue weighted by Gasteiger charge is -1.98. The lowest BCUT2D eigenvalue weighted by molar-refractivity contribution is 0.768. The Hall–Kier alpha value is -0.900. The number of imidazole rings is 1. The maximum atomic E-state index is 4.22. The van der Waals surface area contributed by atoms with Gasteiger partial charge in [-0.25, -0.2) is 9.50 Å². The third-order valence-corrected chi connectivity index (χ3v) is 2.33. The first kappa shape index (κ1) is 6.79. The number of rotatable bonds is 1. The van der Waals surface area contributed by atoms with Gasteiger partial charge in [0.2, 0.25) is 4.96 Å². The molecule has 4 heteroatoms. The summed E-state index contributed by atoms with van der Waals surface area (Å²) in [6.45, 7) is 4.28. The SMILES string of the molecule is CC(C)c1cnc2scnn12. The van der Waals surface area contributed by atoms with Gasteiger partial charge in [0.25, 0.3) is 0 Å². The van der Waals surface area contributed by atoms with Gasteiger partial charge in [-0.15, -0.1) is 0 Å². The molecule has 0 aliphatic rings. The first-order valence-electron chi connectivity index (χ1n) is 3.56. The fraction of sp³-hybridized carbons (Fsp3) is 0.429. The van der Waals surface area contributed by atoms with Crippen LogP contribution in [-0.2, 0) is 0 Å². The van der Waals surface area contributed by atoms with E-state index in [0.29, 0.717) is 5.92 Å². The van der Waals surface area contributed by atoms with Crippen molar-refractivity contribution in [1.82, 2.24) is 14.6 Å². The van der Waals surface area contributed by atoms with Crippen LogP contribution in [0.15, 0.2) is 11.7 Å². The second-order valence-corrected chi connectivity index (χ2v) is 3.58. The second-order valence-electron chi connectivity index (χ2n) is 2.77. The Bertz CT molecular complexity index is 360. The zero-order valence-electron chi connectivity index (χ0n) is 6.48. The molecule has 0 saturated heterocycles. The third kappa shape index (κ3) is 0.939. The van der Waals surface area contributed by atoms with Gasteiger partial charge in [0.1, 0.15) is 5.51 Å². The molecule has 0 fully saturated rings. The van der Waals surface area contributed by atoms with Crippen molar-refractivity contribution in [2.24, 2.45) is 0 Å². The fourth-order valence-electron chi connectivity index (χ4n) is 1.05. The van der Waals surface area contributed by atoms with Gasteiger partial charge in [0.15, 0.2) is 0 Å². The van der Waals surface area contributed by atoms with Gasteiger partial charge in [0.05, 0.1) is 11.9 Å². The van der Waals surface area contributed by atoms with E-state index >= 15 is 0 Å². The first-order valence-corrected chi connectivity index (χ1v) is 4.44. The summed E-state index contributed by atoms with van der Waals surface area (Å²) in [5.41, 5.74) is 3.00. The van der Waals surface area contributed by atoms with E-state index in [4.69, 9.17) is 0 Å².